The molecule has 0 spiro atoms. The normalized spacial score (nSPS) is 13.5. The summed E-state index contributed by atoms with van der Waals surface area (Å²) in [5.41, 5.74) is 7.34. The molecule has 1 rings (SSSR count). The maximum Gasteiger partial charge on any atom is 0.272 e. The number of azide groups is 1. The first-order chi connectivity index (χ1) is 8.45. The third kappa shape index (κ3) is 3.39. The van der Waals surface area contributed by atoms with Crippen molar-refractivity contribution >= 4 is 5.69 Å². The highest BCUT2D eigenvalue weighted by Gasteiger charge is 2.21. The lowest BCUT2D eigenvalue weighted by Crippen LogP contribution is -2.21. The van der Waals surface area contributed by atoms with Crippen LogP contribution in [-0.2, 0) is 0 Å². The summed E-state index contributed by atoms with van der Waals surface area (Å²) in [6.45, 7) is -0.429. The number of nitro benzene ring substituents is 1. The van der Waals surface area contributed by atoms with E-state index in [4.69, 9.17) is 5.53 Å². The van der Waals surface area contributed by atoms with Crippen molar-refractivity contribution < 1.29 is 19.5 Å². The van der Waals surface area contributed by atoms with Crippen molar-refractivity contribution in [3.63, 3.8) is 0 Å². The SMILES string of the molecule is [N-]=[N+]=NCC(O)C(O)c1cc(F)cc([N+](=O)[O-])c1. The number of rotatable bonds is 5. The van der Waals surface area contributed by atoms with Gasteiger partial charge in [-0.3, -0.25) is 10.1 Å². The highest BCUT2D eigenvalue weighted by molar-refractivity contribution is 5.36. The molecule has 1 aromatic carbocycles. The molecule has 2 unspecified atom stereocenters. The van der Waals surface area contributed by atoms with Crippen molar-refractivity contribution in [1.29, 1.82) is 0 Å². The van der Waals surface area contributed by atoms with Crippen LogP contribution in [0.5, 0.6) is 0 Å². The fourth-order valence-electron chi connectivity index (χ4n) is 1.31. The number of aliphatic hydroxyl groups excluding tert-OH is 2. The molecule has 2 N–H and O–H groups in total. The second kappa shape index (κ2) is 5.92. The Morgan fingerprint density at radius 2 is 2.17 bits per heavy atom. The van der Waals surface area contributed by atoms with Crippen molar-refractivity contribution in [2.75, 3.05) is 6.54 Å². The van der Waals surface area contributed by atoms with Gasteiger partial charge in [-0.05, 0) is 17.2 Å². The molecule has 0 amide bonds. The minimum Gasteiger partial charge on any atom is -0.390 e. The number of non-ortho nitro benzene ring substituents is 1. The van der Waals surface area contributed by atoms with E-state index in [9.17, 15) is 24.7 Å². The van der Waals surface area contributed by atoms with Crippen molar-refractivity contribution in [3.8, 4) is 0 Å². The van der Waals surface area contributed by atoms with Crippen molar-refractivity contribution in [1.82, 2.24) is 0 Å². The van der Waals surface area contributed by atoms with Crippen molar-refractivity contribution in [2.24, 2.45) is 5.11 Å². The van der Waals surface area contributed by atoms with Gasteiger partial charge in [0.25, 0.3) is 5.69 Å². The van der Waals surface area contributed by atoms with Crippen LogP contribution in [0.1, 0.15) is 11.7 Å². The zero-order chi connectivity index (χ0) is 13.7. The molecule has 0 aliphatic rings. The van der Waals surface area contributed by atoms with E-state index in [2.05, 4.69) is 10.0 Å². The van der Waals surface area contributed by atoms with Crippen LogP contribution < -0.4 is 0 Å². The molecule has 0 heterocycles. The molecule has 9 heteroatoms. The Morgan fingerprint density at radius 3 is 2.72 bits per heavy atom. The van der Waals surface area contributed by atoms with Crippen LogP contribution in [-0.4, -0.2) is 27.8 Å². The van der Waals surface area contributed by atoms with Crippen LogP contribution in [0.15, 0.2) is 23.3 Å². The Labute approximate surface area is 100 Å². The first kappa shape index (κ1) is 13.8. The Hall–Kier alpha value is -2.22. The van der Waals surface area contributed by atoms with Crippen molar-refractivity contribution in [2.45, 2.75) is 12.2 Å². The zero-order valence-corrected chi connectivity index (χ0v) is 8.97. The lowest BCUT2D eigenvalue weighted by molar-refractivity contribution is -0.385. The van der Waals surface area contributed by atoms with E-state index in [0.717, 1.165) is 12.1 Å². The van der Waals surface area contributed by atoms with E-state index in [-0.39, 0.29) is 5.56 Å². The Morgan fingerprint density at radius 1 is 1.50 bits per heavy atom. The fourth-order valence-corrected chi connectivity index (χ4v) is 1.31. The average molecular weight is 256 g/mol. The third-order valence-corrected chi connectivity index (χ3v) is 2.15. The van der Waals surface area contributed by atoms with E-state index in [1.165, 1.54) is 0 Å². The predicted octanol–water partition coefficient (Wildman–Crippen LogP) is 1.44. The van der Waals surface area contributed by atoms with Crippen LogP contribution in [0.2, 0.25) is 0 Å². The molecule has 96 valence electrons. The molecule has 8 nitrogen and oxygen atoms in total. The summed E-state index contributed by atoms with van der Waals surface area (Å²) in [4.78, 5) is 12.1. The average Bonchev–Trinajstić information content (AvgIpc) is 2.34. The second-order valence-corrected chi connectivity index (χ2v) is 3.43. The number of hydrogen-bond donors (Lipinski definition) is 2. The highest BCUT2D eigenvalue weighted by Crippen LogP contribution is 2.23. The van der Waals surface area contributed by atoms with Crippen LogP contribution in [0.4, 0.5) is 10.1 Å². The number of aliphatic hydroxyl groups is 2. The molecule has 0 saturated carbocycles. The Kier molecular flexibility index (Phi) is 4.55. The number of benzene rings is 1. The summed E-state index contributed by atoms with van der Waals surface area (Å²) in [5, 5.41) is 32.6. The van der Waals surface area contributed by atoms with Gasteiger partial charge in [-0.25, -0.2) is 4.39 Å². The summed E-state index contributed by atoms with van der Waals surface area (Å²) < 4.78 is 13.1. The number of hydrogen-bond acceptors (Lipinski definition) is 5. The molecule has 0 aliphatic carbocycles. The van der Waals surface area contributed by atoms with Gasteiger partial charge in [0.1, 0.15) is 11.9 Å². The Bertz CT molecular complexity index is 503. The van der Waals surface area contributed by atoms with Crippen molar-refractivity contribution in [3.05, 3.63) is 50.1 Å². The van der Waals surface area contributed by atoms with Gasteiger partial charge in [-0.2, -0.15) is 0 Å². The van der Waals surface area contributed by atoms with Gasteiger partial charge in [-0.1, -0.05) is 5.11 Å². The van der Waals surface area contributed by atoms with E-state index < -0.39 is 35.2 Å². The van der Waals surface area contributed by atoms with Gasteiger partial charge >= 0.3 is 0 Å². The third-order valence-electron chi connectivity index (χ3n) is 2.15. The minimum absolute atomic E-state index is 0.165. The van der Waals surface area contributed by atoms with Gasteiger partial charge in [-0.15, -0.1) is 0 Å². The lowest BCUT2D eigenvalue weighted by atomic mass is 10.0. The standard InChI is InChI=1S/C9H9FN4O4/c10-6-1-5(2-7(3-6)14(17)18)9(16)8(15)4-12-13-11/h1-3,8-9,15-16H,4H2. The van der Waals surface area contributed by atoms with Gasteiger partial charge in [0.2, 0.25) is 0 Å². The molecule has 0 bridgehead atoms. The molecule has 0 aliphatic heterocycles. The molecule has 0 fully saturated rings. The van der Waals surface area contributed by atoms with Crippen LogP contribution in [0.25, 0.3) is 10.4 Å². The predicted molar refractivity (Wildman–Crippen MR) is 58.0 cm³/mol. The van der Waals surface area contributed by atoms with E-state index >= 15 is 0 Å². The minimum atomic E-state index is -1.58. The molecule has 0 saturated heterocycles. The summed E-state index contributed by atoms with van der Waals surface area (Å²) in [6.07, 6.45) is -3.05. The summed E-state index contributed by atoms with van der Waals surface area (Å²) in [5.74, 6) is -0.908. The first-order valence-electron chi connectivity index (χ1n) is 4.77. The molecular formula is C9H9FN4O4. The summed E-state index contributed by atoms with van der Waals surface area (Å²) in [6, 6.07) is 2.49. The topological polar surface area (TPSA) is 132 Å². The fraction of sp³-hybridized carbons (Fsp3) is 0.333. The quantitative estimate of drug-likeness (QED) is 0.271. The maximum absolute atomic E-state index is 13.1. The molecule has 18 heavy (non-hydrogen) atoms. The van der Waals surface area contributed by atoms with Gasteiger partial charge in [0, 0.05) is 11.0 Å². The lowest BCUT2D eigenvalue weighted by Gasteiger charge is -2.15. The largest absolute Gasteiger partial charge is 0.390 e. The van der Waals surface area contributed by atoms with Crippen LogP contribution >= 0.6 is 0 Å². The van der Waals surface area contributed by atoms with E-state index in [1.807, 2.05) is 0 Å². The molecule has 0 aromatic heterocycles. The smallest absolute Gasteiger partial charge is 0.272 e. The van der Waals surface area contributed by atoms with Crippen LogP contribution in [0.3, 0.4) is 0 Å². The number of halogens is 1. The van der Waals surface area contributed by atoms with E-state index in [0.29, 0.717) is 6.07 Å². The maximum atomic E-state index is 13.1. The Balaban J connectivity index is 3.01. The zero-order valence-electron chi connectivity index (χ0n) is 8.97. The van der Waals surface area contributed by atoms with Crippen LogP contribution in [0, 0.1) is 15.9 Å². The molecule has 0 radical (unpaired) electrons. The molecule has 2 atom stereocenters. The number of nitro groups is 1. The second-order valence-electron chi connectivity index (χ2n) is 3.43. The van der Waals surface area contributed by atoms with Gasteiger partial charge in [0.15, 0.2) is 0 Å². The number of nitrogens with zero attached hydrogens (tertiary/aromatic N) is 4. The highest BCUT2D eigenvalue weighted by atomic mass is 19.1. The summed E-state index contributed by atoms with van der Waals surface area (Å²) >= 11 is 0. The monoisotopic (exact) mass is 256 g/mol. The molecular weight excluding hydrogens is 247 g/mol. The van der Waals surface area contributed by atoms with E-state index in [1.54, 1.807) is 0 Å². The first-order valence-corrected chi connectivity index (χ1v) is 4.77. The summed E-state index contributed by atoms with van der Waals surface area (Å²) in [7, 11) is 0. The van der Waals surface area contributed by atoms with Gasteiger partial charge < -0.3 is 10.2 Å². The van der Waals surface area contributed by atoms with Gasteiger partial charge in [0.05, 0.1) is 23.6 Å². The molecule has 1 aromatic rings.